The molecule has 1 saturated carbocycles. The van der Waals surface area contributed by atoms with Crippen LogP contribution in [-0.4, -0.2) is 28.8 Å². The van der Waals surface area contributed by atoms with Crippen LogP contribution in [0.25, 0.3) is 0 Å². The van der Waals surface area contributed by atoms with Crippen LogP contribution in [0.3, 0.4) is 0 Å². The Bertz CT molecular complexity index is 533. The molecule has 1 atom stereocenters. The summed E-state index contributed by atoms with van der Waals surface area (Å²) >= 11 is 0. The fourth-order valence-electron chi connectivity index (χ4n) is 2.98. The molecule has 0 aliphatic heterocycles. The Hall–Kier alpha value is -1.88. The van der Waals surface area contributed by atoms with Crippen LogP contribution in [0.1, 0.15) is 36.8 Å². The van der Waals surface area contributed by atoms with Crippen LogP contribution in [0.15, 0.2) is 24.3 Å². The van der Waals surface area contributed by atoms with Crippen molar-refractivity contribution < 1.29 is 24.5 Å². The largest absolute Gasteiger partial charge is 0.479 e. The van der Waals surface area contributed by atoms with Crippen molar-refractivity contribution in [2.24, 2.45) is 5.92 Å². The molecule has 0 amide bonds. The van der Waals surface area contributed by atoms with E-state index in [2.05, 4.69) is 0 Å². The number of carboxylic acid groups (broad SMARTS) is 1. The lowest BCUT2D eigenvalue weighted by Crippen LogP contribution is -2.44. The lowest BCUT2D eigenvalue weighted by atomic mass is 9.79. The Labute approximate surface area is 123 Å². The molecule has 0 bridgehead atoms. The molecular weight excluding hydrogens is 272 g/mol. The molecule has 1 unspecified atom stereocenters. The second kappa shape index (κ2) is 6.26. The monoisotopic (exact) mass is 292 g/mol. The van der Waals surface area contributed by atoms with Crippen LogP contribution < -0.4 is 0 Å². The van der Waals surface area contributed by atoms with Gasteiger partial charge in [0.1, 0.15) is 0 Å². The third-order valence-corrected chi connectivity index (χ3v) is 4.04. The lowest BCUT2D eigenvalue weighted by Gasteiger charge is -2.32. The van der Waals surface area contributed by atoms with Crippen molar-refractivity contribution >= 4 is 11.9 Å². The topological polar surface area (TPSA) is 83.8 Å². The number of carboxylic acids is 1. The van der Waals surface area contributed by atoms with Crippen LogP contribution in [0, 0.1) is 12.8 Å². The molecule has 1 aromatic carbocycles. The van der Waals surface area contributed by atoms with Crippen molar-refractivity contribution in [2.75, 3.05) is 6.61 Å². The van der Waals surface area contributed by atoms with Gasteiger partial charge in [-0.2, -0.15) is 0 Å². The molecule has 5 nitrogen and oxygen atoms in total. The number of hydrogen-bond donors (Lipinski definition) is 2. The number of benzene rings is 1. The van der Waals surface area contributed by atoms with Crippen molar-refractivity contribution in [3.63, 3.8) is 0 Å². The molecule has 0 heterocycles. The van der Waals surface area contributed by atoms with Gasteiger partial charge in [0.15, 0.2) is 12.2 Å². The van der Waals surface area contributed by atoms with E-state index < -0.39 is 24.1 Å². The molecule has 1 aliphatic carbocycles. The summed E-state index contributed by atoms with van der Waals surface area (Å²) in [5, 5.41) is 19.7. The van der Waals surface area contributed by atoms with E-state index in [9.17, 15) is 14.7 Å². The highest BCUT2D eigenvalue weighted by Gasteiger charge is 2.48. The molecule has 5 heteroatoms. The number of carbonyl (C=O) groups excluding carboxylic acids is 1. The average Bonchev–Trinajstić information content (AvgIpc) is 2.98. The van der Waals surface area contributed by atoms with Gasteiger partial charge in [0.25, 0.3) is 0 Å². The smallest absolute Gasteiger partial charge is 0.343 e. The minimum Gasteiger partial charge on any atom is -0.479 e. The summed E-state index contributed by atoms with van der Waals surface area (Å²) in [6.45, 7) is 1.14. The SMILES string of the molecule is Cc1cccc(C(O)(C(=O)OCC(=O)O)C2CCCC2)c1. The first kappa shape index (κ1) is 15.5. The Morgan fingerprint density at radius 2 is 2.00 bits per heavy atom. The maximum Gasteiger partial charge on any atom is 0.343 e. The van der Waals surface area contributed by atoms with Crippen LogP contribution in [0.5, 0.6) is 0 Å². The number of esters is 1. The van der Waals surface area contributed by atoms with Crippen molar-refractivity contribution in [1.82, 2.24) is 0 Å². The Balaban J connectivity index is 2.34. The highest BCUT2D eigenvalue weighted by molar-refractivity contribution is 5.83. The standard InChI is InChI=1S/C16H20O5/c1-11-5-4-8-13(9-11)16(20,12-6-2-3-7-12)15(19)21-10-14(17)18/h4-5,8-9,12,20H,2-3,6-7,10H2,1H3,(H,17,18). The first-order valence-corrected chi connectivity index (χ1v) is 7.13. The second-order valence-electron chi connectivity index (χ2n) is 5.59. The molecule has 0 saturated heterocycles. The van der Waals surface area contributed by atoms with Gasteiger partial charge >= 0.3 is 11.9 Å². The third-order valence-electron chi connectivity index (χ3n) is 4.04. The van der Waals surface area contributed by atoms with Crippen LogP contribution >= 0.6 is 0 Å². The van der Waals surface area contributed by atoms with E-state index in [0.29, 0.717) is 5.56 Å². The summed E-state index contributed by atoms with van der Waals surface area (Å²) in [5.41, 5.74) is -0.363. The van der Waals surface area contributed by atoms with E-state index in [1.165, 1.54) is 0 Å². The summed E-state index contributed by atoms with van der Waals surface area (Å²) in [6, 6.07) is 7.09. The molecular formula is C16H20O5. The molecule has 2 rings (SSSR count). The average molecular weight is 292 g/mol. The van der Waals surface area contributed by atoms with E-state index in [1.807, 2.05) is 13.0 Å². The van der Waals surface area contributed by atoms with Crippen molar-refractivity contribution in [3.8, 4) is 0 Å². The zero-order valence-corrected chi connectivity index (χ0v) is 12.0. The minimum absolute atomic E-state index is 0.236. The highest BCUT2D eigenvalue weighted by Crippen LogP contribution is 2.41. The van der Waals surface area contributed by atoms with Gasteiger partial charge in [-0.05, 0) is 25.3 Å². The first-order valence-electron chi connectivity index (χ1n) is 7.13. The van der Waals surface area contributed by atoms with Gasteiger partial charge in [-0.15, -0.1) is 0 Å². The lowest BCUT2D eigenvalue weighted by molar-refractivity contribution is -0.177. The Kier molecular flexibility index (Phi) is 4.63. The normalized spacial score (nSPS) is 18.2. The van der Waals surface area contributed by atoms with Crippen LogP contribution in [0.2, 0.25) is 0 Å². The molecule has 0 aromatic heterocycles. The number of rotatable bonds is 5. The second-order valence-corrected chi connectivity index (χ2v) is 5.59. The van der Waals surface area contributed by atoms with E-state index in [0.717, 1.165) is 31.2 Å². The highest BCUT2D eigenvalue weighted by atomic mass is 16.6. The van der Waals surface area contributed by atoms with Gasteiger partial charge in [-0.25, -0.2) is 9.59 Å². The predicted octanol–water partition coefficient (Wildman–Crippen LogP) is 2.00. The van der Waals surface area contributed by atoms with Gasteiger partial charge in [0.05, 0.1) is 0 Å². The van der Waals surface area contributed by atoms with Gasteiger partial charge < -0.3 is 14.9 Å². The molecule has 1 aromatic rings. The minimum atomic E-state index is -1.77. The molecule has 0 spiro atoms. The zero-order chi connectivity index (χ0) is 15.5. The molecule has 21 heavy (non-hydrogen) atoms. The maximum absolute atomic E-state index is 12.3. The fourth-order valence-corrected chi connectivity index (χ4v) is 2.98. The Morgan fingerprint density at radius 1 is 1.33 bits per heavy atom. The zero-order valence-electron chi connectivity index (χ0n) is 12.0. The number of aliphatic hydroxyl groups is 1. The fraction of sp³-hybridized carbons (Fsp3) is 0.500. The number of ether oxygens (including phenoxy) is 1. The third kappa shape index (κ3) is 3.24. The van der Waals surface area contributed by atoms with Gasteiger partial charge in [-0.3, -0.25) is 0 Å². The summed E-state index contributed by atoms with van der Waals surface area (Å²) < 4.78 is 4.79. The van der Waals surface area contributed by atoms with Crippen LogP contribution in [0.4, 0.5) is 0 Å². The molecule has 1 aliphatic rings. The number of aliphatic carboxylic acids is 1. The van der Waals surface area contributed by atoms with Crippen molar-refractivity contribution in [2.45, 2.75) is 38.2 Å². The van der Waals surface area contributed by atoms with Crippen molar-refractivity contribution in [1.29, 1.82) is 0 Å². The summed E-state index contributed by atoms with van der Waals surface area (Å²) in [6.07, 6.45) is 3.36. The first-order chi connectivity index (χ1) is 9.94. The van der Waals surface area contributed by atoms with Gasteiger partial charge in [0.2, 0.25) is 0 Å². The summed E-state index contributed by atoms with van der Waals surface area (Å²) in [5.74, 6) is -2.34. The quantitative estimate of drug-likeness (QED) is 0.811. The number of hydrogen-bond acceptors (Lipinski definition) is 4. The Morgan fingerprint density at radius 3 is 2.57 bits per heavy atom. The summed E-state index contributed by atoms with van der Waals surface area (Å²) in [7, 11) is 0. The van der Waals surface area contributed by atoms with Gasteiger partial charge in [0, 0.05) is 5.92 Å². The van der Waals surface area contributed by atoms with Gasteiger partial charge in [-0.1, -0.05) is 42.7 Å². The number of carbonyl (C=O) groups is 2. The van der Waals surface area contributed by atoms with Crippen molar-refractivity contribution in [3.05, 3.63) is 35.4 Å². The predicted molar refractivity (Wildman–Crippen MR) is 75.6 cm³/mol. The van der Waals surface area contributed by atoms with E-state index in [1.54, 1.807) is 18.2 Å². The molecule has 2 N–H and O–H groups in total. The maximum atomic E-state index is 12.3. The summed E-state index contributed by atoms with van der Waals surface area (Å²) in [4.78, 5) is 22.9. The van der Waals surface area contributed by atoms with Crippen LogP contribution in [-0.2, 0) is 19.9 Å². The van der Waals surface area contributed by atoms with E-state index in [4.69, 9.17) is 9.84 Å². The van der Waals surface area contributed by atoms with E-state index in [-0.39, 0.29) is 5.92 Å². The molecule has 1 fully saturated rings. The van der Waals surface area contributed by atoms with E-state index >= 15 is 0 Å². The molecule has 0 radical (unpaired) electrons. The number of aryl methyl sites for hydroxylation is 1. The molecule has 114 valence electrons.